The van der Waals surface area contributed by atoms with Gasteiger partial charge in [-0.2, -0.15) is 0 Å². The van der Waals surface area contributed by atoms with Crippen LogP contribution in [0.2, 0.25) is 0 Å². The second kappa shape index (κ2) is 8.75. The molecule has 0 fully saturated rings. The molecule has 0 radical (unpaired) electrons. The van der Waals surface area contributed by atoms with E-state index in [2.05, 4.69) is 20.6 Å². The average molecular weight is 366 g/mol. The van der Waals surface area contributed by atoms with E-state index in [1.807, 2.05) is 6.92 Å². The largest absolute Gasteiger partial charge is 0.494 e. The molecular weight excluding hydrogens is 347 g/mol. The predicted octanol–water partition coefficient (Wildman–Crippen LogP) is 3.88. The maximum Gasteiger partial charge on any atom is 0.274 e. The number of amides is 1. The third-order valence-corrected chi connectivity index (χ3v) is 3.74. The van der Waals surface area contributed by atoms with Gasteiger partial charge in [0, 0.05) is 23.9 Å². The number of carbonyl (C=O) groups excluding carboxylic acids is 1. The molecule has 3 rings (SSSR count). The van der Waals surface area contributed by atoms with Crippen molar-refractivity contribution in [2.75, 3.05) is 17.2 Å². The molecule has 1 aromatic heterocycles. The lowest BCUT2D eigenvalue weighted by atomic mass is 10.2. The Morgan fingerprint density at radius 2 is 1.89 bits per heavy atom. The van der Waals surface area contributed by atoms with Gasteiger partial charge in [-0.1, -0.05) is 18.2 Å². The topological polar surface area (TPSA) is 76.1 Å². The van der Waals surface area contributed by atoms with E-state index in [9.17, 15) is 9.18 Å². The van der Waals surface area contributed by atoms with E-state index >= 15 is 0 Å². The van der Waals surface area contributed by atoms with Crippen molar-refractivity contribution in [3.8, 4) is 5.75 Å². The third kappa shape index (κ3) is 5.01. The quantitative estimate of drug-likeness (QED) is 0.664. The zero-order valence-electron chi connectivity index (χ0n) is 14.8. The number of ether oxygens (including phenoxy) is 1. The Kier molecular flexibility index (Phi) is 5.94. The first-order valence-corrected chi connectivity index (χ1v) is 8.49. The minimum absolute atomic E-state index is 0.204. The lowest BCUT2D eigenvalue weighted by Crippen LogP contribution is -2.14. The summed E-state index contributed by atoms with van der Waals surface area (Å²) in [5, 5.41) is 5.76. The van der Waals surface area contributed by atoms with Crippen molar-refractivity contribution in [1.82, 2.24) is 9.97 Å². The SMILES string of the molecule is CCOc1ccc(NC(=O)c2cc(NCc3ccccc3F)ncn2)cc1. The number of carbonyl (C=O) groups is 1. The van der Waals surface area contributed by atoms with Crippen LogP contribution in [0.1, 0.15) is 23.0 Å². The summed E-state index contributed by atoms with van der Waals surface area (Å²) in [5.74, 6) is 0.505. The highest BCUT2D eigenvalue weighted by Gasteiger charge is 2.10. The van der Waals surface area contributed by atoms with Crippen molar-refractivity contribution in [2.45, 2.75) is 13.5 Å². The first-order valence-electron chi connectivity index (χ1n) is 8.49. The highest BCUT2D eigenvalue weighted by Crippen LogP contribution is 2.17. The number of hydrogen-bond acceptors (Lipinski definition) is 5. The fourth-order valence-corrected chi connectivity index (χ4v) is 2.40. The Morgan fingerprint density at radius 3 is 2.63 bits per heavy atom. The molecule has 1 heterocycles. The molecule has 2 N–H and O–H groups in total. The van der Waals surface area contributed by atoms with Gasteiger partial charge in [0.05, 0.1) is 6.61 Å². The lowest BCUT2D eigenvalue weighted by molar-refractivity contribution is 0.102. The second-order valence-electron chi connectivity index (χ2n) is 5.64. The van der Waals surface area contributed by atoms with Crippen LogP contribution >= 0.6 is 0 Å². The number of benzene rings is 2. The van der Waals surface area contributed by atoms with Crippen LogP contribution in [0.3, 0.4) is 0 Å². The van der Waals surface area contributed by atoms with E-state index in [4.69, 9.17) is 4.74 Å². The van der Waals surface area contributed by atoms with Crippen molar-refractivity contribution < 1.29 is 13.9 Å². The molecule has 0 aliphatic heterocycles. The van der Waals surface area contributed by atoms with Gasteiger partial charge in [-0.25, -0.2) is 14.4 Å². The summed E-state index contributed by atoms with van der Waals surface area (Å²) in [6.07, 6.45) is 1.29. The number of nitrogens with one attached hydrogen (secondary N) is 2. The van der Waals surface area contributed by atoms with E-state index in [-0.39, 0.29) is 24.0 Å². The summed E-state index contributed by atoms with van der Waals surface area (Å²) in [4.78, 5) is 20.4. The van der Waals surface area contributed by atoms with Crippen LogP contribution in [0.15, 0.2) is 60.9 Å². The summed E-state index contributed by atoms with van der Waals surface area (Å²) in [6.45, 7) is 2.74. The number of nitrogens with zero attached hydrogens (tertiary/aromatic N) is 2. The van der Waals surface area contributed by atoms with Crippen LogP contribution in [-0.4, -0.2) is 22.5 Å². The van der Waals surface area contributed by atoms with Crippen LogP contribution in [0, 0.1) is 5.82 Å². The molecule has 3 aromatic rings. The second-order valence-corrected chi connectivity index (χ2v) is 5.64. The van der Waals surface area contributed by atoms with Crippen molar-refractivity contribution >= 4 is 17.4 Å². The first-order chi connectivity index (χ1) is 13.2. The van der Waals surface area contributed by atoms with E-state index in [1.165, 1.54) is 18.5 Å². The molecule has 0 aliphatic carbocycles. The fraction of sp³-hybridized carbons (Fsp3) is 0.150. The smallest absolute Gasteiger partial charge is 0.274 e. The molecule has 6 nitrogen and oxygen atoms in total. The van der Waals surface area contributed by atoms with Crippen molar-refractivity contribution in [3.63, 3.8) is 0 Å². The molecule has 0 spiro atoms. The van der Waals surface area contributed by atoms with E-state index in [1.54, 1.807) is 42.5 Å². The summed E-state index contributed by atoms with van der Waals surface area (Å²) in [5.41, 5.74) is 1.34. The van der Waals surface area contributed by atoms with Gasteiger partial charge in [0.25, 0.3) is 5.91 Å². The van der Waals surface area contributed by atoms with Gasteiger partial charge < -0.3 is 15.4 Å². The number of rotatable bonds is 7. The lowest BCUT2D eigenvalue weighted by Gasteiger charge is -2.09. The zero-order valence-corrected chi connectivity index (χ0v) is 14.8. The molecule has 0 bridgehead atoms. The standard InChI is InChI=1S/C20H19FN4O2/c1-2-27-16-9-7-15(8-10-16)25-20(26)18-11-19(24-13-23-18)22-12-14-5-3-4-6-17(14)21/h3-11,13H,2,12H2,1H3,(H,25,26)(H,22,23,24). The van der Waals surface area contributed by atoms with Crippen LogP contribution in [0.5, 0.6) is 5.75 Å². The Balaban J connectivity index is 1.63. The summed E-state index contributed by atoms with van der Waals surface area (Å²) >= 11 is 0. The molecule has 7 heteroatoms. The zero-order chi connectivity index (χ0) is 19.1. The van der Waals surface area contributed by atoms with Gasteiger partial charge in [-0.3, -0.25) is 4.79 Å². The van der Waals surface area contributed by atoms with Gasteiger partial charge in [0.2, 0.25) is 0 Å². The van der Waals surface area contributed by atoms with Crippen molar-refractivity contribution in [3.05, 3.63) is 78.0 Å². The molecule has 0 saturated carbocycles. The van der Waals surface area contributed by atoms with Gasteiger partial charge >= 0.3 is 0 Å². The molecule has 0 aliphatic rings. The van der Waals surface area contributed by atoms with Gasteiger partial charge in [-0.05, 0) is 37.3 Å². The molecular formula is C20H19FN4O2. The van der Waals surface area contributed by atoms with E-state index in [0.717, 1.165) is 5.75 Å². The Hall–Kier alpha value is -3.48. The van der Waals surface area contributed by atoms with Gasteiger partial charge in [0.1, 0.15) is 29.4 Å². The predicted molar refractivity (Wildman–Crippen MR) is 101 cm³/mol. The summed E-state index contributed by atoms with van der Waals surface area (Å²) in [6, 6.07) is 15.0. The number of hydrogen-bond donors (Lipinski definition) is 2. The first kappa shape index (κ1) is 18.3. The van der Waals surface area contributed by atoms with Crippen molar-refractivity contribution in [1.29, 1.82) is 0 Å². The molecule has 0 unspecified atom stereocenters. The Morgan fingerprint density at radius 1 is 1.11 bits per heavy atom. The van der Waals surface area contributed by atoms with Crippen LogP contribution in [0.4, 0.5) is 15.9 Å². The molecule has 0 atom stereocenters. The number of anilines is 2. The highest BCUT2D eigenvalue weighted by atomic mass is 19.1. The molecule has 138 valence electrons. The summed E-state index contributed by atoms with van der Waals surface area (Å²) < 4.78 is 19.0. The number of aromatic nitrogens is 2. The normalized spacial score (nSPS) is 10.3. The highest BCUT2D eigenvalue weighted by molar-refractivity contribution is 6.03. The number of halogens is 1. The molecule has 1 amide bonds. The maximum atomic E-state index is 13.7. The molecule has 2 aromatic carbocycles. The minimum atomic E-state index is -0.365. The van der Waals surface area contributed by atoms with Crippen LogP contribution in [-0.2, 0) is 6.54 Å². The molecule has 27 heavy (non-hydrogen) atoms. The average Bonchev–Trinajstić information content (AvgIpc) is 2.69. The van der Waals surface area contributed by atoms with Gasteiger partial charge in [-0.15, -0.1) is 0 Å². The monoisotopic (exact) mass is 366 g/mol. The van der Waals surface area contributed by atoms with E-state index in [0.29, 0.717) is 23.7 Å². The minimum Gasteiger partial charge on any atom is -0.494 e. The third-order valence-electron chi connectivity index (χ3n) is 3.74. The Bertz CT molecular complexity index is 916. The molecule has 0 saturated heterocycles. The fourth-order valence-electron chi connectivity index (χ4n) is 2.40. The van der Waals surface area contributed by atoms with Crippen LogP contribution in [0.25, 0.3) is 0 Å². The summed E-state index contributed by atoms with van der Waals surface area (Å²) in [7, 11) is 0. The van der Waals surface area contributed by atoms with Gasteiger partial charge in [0.15, 0.2) is 0 Å². The van der Waals surface area contributed by atoms with Crippen molar-refractivity contribution in [2.24, 2.45) is 0 Å². The van der Waals surface area contributed by atoms with E-state index < -0.39 is 0 Å². The Labute approximate surface area is 156 Å². The maximum absolute atomic E-state index is 13.7. The van der Waals surface area contributed by atoms with Crippen LogP contribution < -0.4 is 15.4 Å².